The molecule has 0 saturated heterocycles. The van der Waals surface area contributed by atoms with E-state index in [1.54, 1.807) is 0 Å². The summed E-state index contributed by atoms with van der Waals surface area (Å²) in [5, 5.41) is 10.2. The van der Waals surface area contributed by atoms with Gasteiger partial charge in [-0.25, -0.2) is 0 Å². The fourth-order valence-electron chi connectivity index (χ4n) is 3.52. The number of carbonyl (C=O) groups excluding carboxylic acids is 2. The van der Waals surface area contributed by atoms with Crippen LogP contribution in [0.5, 0.6) is 0 Å². The largest absolute Gasteiger partial charge is 0.458 e. The number of Topliss-reactive ketones (excluding diaryl/α,β-unsaturated/α-hetero) is 1. The second kappa shape index (κ2) is 9.77. The number of allylic oxidation sites excluding steroid dienone is 2. The van der Waals surface area contributed by atoms with Crippen molar-refractivity contribution in [1.82, 2.24) is 0 Å². The lowest BCUT2D eigenvalue weighted by Gasteiger charge is -2.18. The molecular formula is C20H30O4. The molecule has 1 fully saturated rings. The summed E-state index contributed by atoms with van der Waals surface area (Å²) in [6, 6.07) is 0. The quantitative estimate of drug-likeness (QED) is 0.483. The molecule has 2 rings (SSSR count). The van der Waals surface area contributed by atoms with Gasteiger partial charge in [0.1, 0.15) is 11.9 Å². The number of fused-ring (bicyclic) bond motifs is 1. The van der Waals surface area contributed by atoms with Gasteiger partial charge in [0.15, 0.2) is 0 Å². The van der Waals surface area contributed by atoms with Crippen LogP contribution < -0.4 is 0 Å². The van der Waals surface area contributed by atoms with Crippen molar-refractivity contribution in [2.24, 2.45) is 11.8 Å². The maximum absolute atomic E-state index is 12.1. The summed E-state index contributed by atoms with van der Waals surface area (Å²) >= 11 is 0. The molecule has 1 heterocycles. The molecular weight excluding hydrogens is 304 g/mol. The lowest BCUT2D eigenvalue weighted by Crippen LogP contribution is -2.20. The minimum Gasteiger partial charge on any atom is -0.458 e. The molecule has 1 aliphatic carbocycles. The van der Waals surface area contributed by atoms with Crippen LogP contribution in [0.25, 0.3) is 0 Å². The summed E-state index contributed by atoms with van der Waals surface area (Å²) in [4.78, 5) is 24.1. The molecule has 0 spiro atoms. The van der Waals surface area contributed by atoms with Gasteiger partial charge in [0, 0.05) is 24.7 Å². The molecule has 2 aliphatic rings. The third kappa shape index (κ3) is 5.59. The average Bonchev–Trinajstić information content (AvgIpc) is 2.81. The van der Waals surface area contributed by atoms with Crippen LogP contribution in [0.2, 0.25) is 0 Å². The normalized spacial score (nSPS) is 34.4. The van der Waals surface area contributed by atoms with Gasteiger partial charge in [-0.1, -0.05) is 38.0 Å². The second-order valence-corrected chi connectivity index (χ2v) is 6.93. The van der Waals surface area contributed by atoms with Crippen LogP contribution in [0.4, 0.5) is 0 Å². The molecule has 4 atom stereocenters. The van der Waals surface area contributed by atoms with E-state index in [0.717, 1.165) is 38.5 Å². The van der Waals surface area contributed by atoms with Crippen LogP contribution in [-0.2, 0) is 14.3 Å². The SMILES string of the molecule is CCCCC[C@H]1/C=C/[C@H]2[C@H](O)CC(=O)[C@@H]2C/C=C\CCCC(=O)O1. The van der Waals surface area contributed by atoms with Crippen LogP contribution in [-0.4, -0.2) is 29.1 Å². The number of hydrogen-bond donors (Lipinski definition) is 1. The summed E-state index contributed by atoms with van der Waals surface area (Å²) in [5.74, 6) is -0.347. The molecule has 0 aromatic carbocycles. The van der Waals surface area contributed by atoms with Gasteiger partial charge in [-0.2, -0.15) is 0 Å². The van der Waals surface area contributed by atoms with E-state index < -0.39 is 6.10 Å². The fraction of sp³-hybridized carbons (Fsp3) is 0.700. The number of esters is 1. The number of ether oxygens (including phenoxy) is 1. The number of rotatable bonds is 4. The van der Waals surface area contributed by atoms with Crippen LogP contribution in [0.1, 0.15) is 64.7 Å². The standard InChI is InChI=1S/C20H30O4/c1-2-3-6-9-15-12-13-17-16(18(21)14-19(17)22)10-7-4-5-8-11-20(23)24-15/h4,7,12-13,15-17,19,22H,2-3,5-6,8-11,14H2,1H3/b7-4-,13-12+/t15-,16+,17+,19+/m0/s1. The third-order valence-electron chi connectivity index (χ3n) is 4.96. The van der Waals surface area contributed by atoms with E-state index in [1.807, 2.05) is 24.3 Å². The molecule has 24 heavy (non-hydrogen) atoms. The minimum absolute atomic E-state index is 0.135. The minimum atomic E-state index is -0.621. The molecule has 4 heteroatoms. The van der Waals surface area contributed by atoms with Gasteiger partial charge in [0.2, 0.25) is 0 Å². The molecule has 0 unspecified atom stereocenters. The number of hydrogen-bond acceptors (Lipinski definition) is 4. The first-order chi connectivity index (χ1) is 11.6. The Morgan fingerprint density at radius 3 is 2.83 bits per heavy atom. The Bertz CT molecular complexity index is 480. The van der Waals surface area contributed by atoms with Crippen LogP contribution in [0.3, 0.4) is 0 Å². The number of aliphatic hydroxyl groups excluding tert-OH is 1. The van der Waals surface area contributed by atoms with Gasteiger partial charge >= 0.3 is 5.97 Å². The first-order valence-electron chi connectivity index (χ1n) is 9.35. The zero-order chi connectivity index (χ0) is 17.4. The van der Waals surface area contributed by atoms with E-state index in [2.05, 4.69) is 6.92 Å². The predicted molar refractivity (Wildman–Crippen MR) is 93.4 cm³/mol. The molecule has 134 valence electrons. The van der Waals surface area contributed by atoms with Crippen LogP contribution >= 0.6 is 0 Å². The summed E-state index contributed by atoms with van der Waals surface area (Å²) < 4.78 is 5.60. The maximum Gasteiger partial charge on any atom is 0.306 e. The summed E-state index contributed by atoms with van der Waals surface area (Å²) in [7, 11) is 0. The summed E-state index contributed by atoms with van der Waals surface area (Å²) in [6.45, 7) is 2.14. The number of ketones is 1. The molecule has 0 radical (unpaired) electrons. The van der Waals surface area contributed by atoms with Crippen molar-refractivity contribution >= 4 is 11.8 Å². The van der Waals surface area contributed by atoms with Gasteiger partial charge in [0.25, 0.3) is 0 Å². The van der Waals surface area contributed by atoms with Crippen LogP contribution in [0, 0.1) is 11.8 Å². The second-order valence-electron chi connectivity index (χ2n) is 6.93. The van der Waals surface area contributed by atoms with Crippen molar-refractivity contribution in [3.63, 3.8) is 0 Å². The van der Waals surface area contributed by atoms with Crippen molar-refractivity contribution in [2.75, 3.05) is 0 Å². The van der Waals surface area contributed by atoms with Crippen molar-refractivity contribution in [1.29, 1.82) is 0 Å². The molecule has 1 N–H and O–H groups in total. The lowest BCUT2D eigenvalue weighted by atomic mass is 9.90. The van der Waals surface area contributed by atoms with Gasteiger partial charge in [-0.3, -0.25) is 9.59 Å². The van der Waals surface area contributed by atoms with Gasteiger partial charge in [-0.15, -0.1) is 0 Å². The highest BCUT2D eigenvalue weighted by Crippen LogP contribution is 2.33. The molecule has 0 aromatic rings. The number of unbranched alkanes of at least 4 members (excludes halogenated alkanes) is 2. The molecule has 0 aromatic heterocycles. The third-order valence-corrected chi connectivity index (χ3v) is 4.96. The molecule has 0 bridgehead atoms. The van der Waals surface area contributed by atoms with E-state index in [4.69, 9.17) is 4.74 Å². The summed E-state index contributed by atoms with van der Waals surface area (Å²) in [5.41, 5.74) is 0. The van der Waals surface area contributed by atoms with Crippen molar-refractivity contribution < 1.29 is 19.4 Å². The molecule has 0 amide bonds. The van der Waals surface area contributed by atoms with E-state index in [9.17, 15) is 14.7 Å². The smallest absolute Gasteiger partial charge is 0.306 e. The molecule has 1 aliphatic heterocycles. The Morgan fingerprint density at radius 1 is 1.21 bits per heavy atom. The monoisotopic (exact) mass is 334 g/mol. The van der Waals surface area contributed by atoms with Gasteiger partial charge in [-0.05, 0) is 38.2 Å². The Labute approximate surface area is 145 Å². The van der Waals surface area contributed by atoms with Crippen molar-refractivity contribution in [2.45, 2.75) is 76.9 Å². The number of carbonyl (C=O) groups is 2. The number of cyclic esters (lactones) is 1. The average molecular weight is 334 g/mol. The van der Waals surface area contributed by atoms with Crippen molar-refractivity contribution in [3.8, 4) is 0 Å². The van der Waals surface area contributed by atoms with E-state index in [0.29, 0.717) is 12.8 Å². The van der Waals surface area contributed by atoms with E-state index in [-0.39, 0.29) is 36.1 Å². The first-order valence-corrected chi connectivity index (χ1v) is 9.35. The van der Waals surface area contributed by atoms with Gasteiger partial charge < -0.3 is 9.84 Å². The predicted octanol–water partition coefficient (Wildman–Crippen LogP) is 3.73. The highest BCUT2D eigenvalue weighted by molar-refractivity contribution is 5.84. The molecule has 4 nitrogen and oxygen atoms in total. The first kappa shape index (κ1) is 18.9. The van der Waals surface area contributed by atoms with E-state index >= 15 is 0 Å². The number of aliphatic hydroxyl groups is 1. The van der Waals surface area contributed by atoms with E-state index in [1.165, 1.54) is 0 Å². The zero-order valence-electron chi connectivity index (χ0n) is 14.7. The Balaban J connectivity index is 2.12. The zero-order valence-corrected chi connectivity index (χ0v) is 14.7. The topological polar surface area (TPSA) is 63.6 Å². The molecule has 1 saturated carbocycles. The Kier molecular flexibility index (Phi) is 7.70. The van der Waals surface area contributed by atoms with Crippen LogP contribution in [0.15, 0.2) is 24.3 Å². The Hall–Kier alpha value is -1.42. The van der Waals surface area contributed by atoms with Gasteiger partial charge in [0.05, 0.1) is 6.10 Å². The van der Waals surface area contributed by atoms with Crippen molar-refractivity contribution in [3.05, 3.63) is 24.3 Å². The lowest BCUT2D eigenvalue weighted by molar-refractivity contribution is -0.147. The highest BCUT2D eigenvalue weighted by atomic mass is 16.5. The maximum atomic E-state index is 12.1. The fourth-order valence-corrected chi connectivity index (χ4v) is 3.52. The Morgan fingerprint density at radius 2 is 2.04 bits per heavy atom. The highest BCUT2D eigenvalue weighted by Gasteiger charge is 2.39. The summed E-state index contributed by atoms with van der Waals surface area (Å²) in [6.07, 6.45) is 13.9.